The largest absolute Gasteiger partial charge is 0.482 e. The van der Waals surface area contributed by atoms with Crippen LogP contribution in [0.3, 0.4) is 0 Å². The van der Waals surface area contributed by atoms with Gasteiger partial charge in [0.15, 0.2) is 0 Å². The van der Waals surface area contributed by atoms with Crippen LogP contribution in [0.5, 0.6) is 0 Å². The number of hydrogen-bond donors (Lipinski definition) is 2. The molecule has 1 radical (unpaired) electrons. The average molecular weight is 193 g/mol. The van der Waals surface area contributed by atoms with E-state index >= 15 is 0 Å². The van der Waals surface area contributed by atoms with Gasteiger partial charge in [-0.1, -0.05) is 23.2 Å². The molecule has 1 rings (SSSR count). The number of hydrogen-bond acceptors (Lipinski definition) is 3. The molecule has 0 aliphatic carbocycles. The van der Waals surface area contributed by atoms with Crippen LogP contribution in [0, 0.1) is 0 Å². The molecule has 3 nitrogen and oxygen atoms in total. The van der Waals surface area contributed by atoms with E-state index in [4.69, 9.17) is 33.2 Å². The van der Waals surface area contributed by atoms with Crippen LogP contribution < -0.4 is 0 Å². The first-order chi connectivity index (χ1) is 5.22. The Bertz CT molecular complexity index is 190. The van der Waals surface area contributed by atoms with E-state index in [1.165, 1.54) is 0 Å². The topological polar surface area (TPSA) is 53.4 Å². The van der Waals surface area contributed by atoms with Crippen molar-refractivity contribution >= 4 is 30.9 Å². The number of nitrogens with zero attached hydrogens (tertiary/aromatic N) is 1. The van der Waals surface area contributed by atoms with Gasteiger partial charge in [0.2, 0.25) is 0 Å². The molecular weight excluding hydrogens is 188 g/mol. The molecule has 0 aliphatic rings. The van der Waals surface area contributed by atoms with Crippen LogP contribution in [-0.4, -0.2) is 22.7 Å². The summed E-state index contributed by atoms with van der Waals surface area (Å²) in [5.41, 5.74) is 0. The van der Waals surface area contributed by atoms with E-state index in [9.17, 15) is 0 Å². The molecule has 0 aliphatic heterocycles. The molecule has 1 heterocycles. The van der Waals surface area contributed by atoms with Crippen molar-refractivity contribution in [3.8, 4) is 0 Å². The van der Waals surface area contributed by atoms with Gasteiger partial charge in [-0.25, -0.2) is 4.98 Å². The molecule has 0 amide bonds. The summed E-state index contributed by atoms with van der Waals surface area (Å²) in [6.07, 6.45) is 1.59. The monoisotopic (exact) mass is 192 g/mol. The lowest BCUT2D eigenvalue weighted by molar-refractivity contribution is 0.448. The first-order valence-electron chi connectivity index (χ1n) is 2.58. The summed E-state index contributed by atoms with van der Waals surface area (Å²) < 4.78 is 0. The fraction of sp³-hybridized carbons (Fsp3) is 0. The first-order valence-corrected chi connectivity index (χ1v) is 3.34. The summed E-state index contributed by atoms with van der Waals surface area (Å²) in [5.74, 6) is 0. The lowest BCUT2D eigenvalue weighted by Gasteiger charge is -1.87. The number of pyridine rings is 1. The smallest absolute Gasteiger partial charge is 0.429 e. The zero-order valence-electron chi connectivity index (χ0n) is 5.41. The van der Waals surface area contributed by atoms with Crippen LogP contribution in [0.4, 0.5) is 0 Å². The normalized spacial score (nSPS) is 8.00. The van der Waals surface area contributed by atoms with E-state index in [0.717, 1.165) is 0 Å². The van der Waals surface area contributed by atoms with Crippen molar-refractivity contribution in [1.82, 2.24) is 4.98 Å². The van der Waals surface area contributed by atoms with Crippen molar-refractivity contribution in [2.45, 2.75) is 0 Å². The second-order valence-corrected chi connectivity index (χ2v) is 2.16. The van der Waals surface area contributed by atoms with Gasteiger partial charge in [-0.15, -0.1) is 0 Å². The zero-order chi connectivity index (χ0) is 8.69. The van der Waals surface area contributed by atoms with Gasteiger partial charge in [-0.3, -0.25) is 0 Å². The number of rotatable bonds is 0. The summed E-state index contributed by atoms with van der Waals surface area (Å²) in [6.45, 7) is 0. The van der Waals surface area contributed by atoms with Crippen molar-refractivity contribution in [3.05, 3.63) is 28.5 Å². The van der Waals surface area contributed by atoms with Gasteiger partial charge < -0.3 is 10.0 Å². The molecule has 0 aromatic carbocycles. The van der Waals surface area contributed by atoms with Gasteiger partial charge >= 0.3 is 7.69 Å². The molecule has 1 aromatic rings. The summed E-state index contributed by atoms with van der Waals surface area (Å²) in [6, 6.07) is 3.42. The molecule has 0 unspecified atom stereocenters. The number of aromatic nitrogens is 1. The summed E-state index contributed by atoms with van der Waals surface area (Å²) >= 11 is 11.0. The minimum absolute atomic E-state index is 0. The highest BCUT2D eigenvalue weighted by atomic mass is 35.5. The van der Waals surface area contributed by atoms with Crippen LogP contribution >= 0.6 is 23.2 Å². The van der Waals surface area contributed by atoms with Crippen molar-refractivity contribution in [1.29, 1.82) is 0 Å². The average Bonchev–Trinajstić information content (AvgIpc) is 1.97. The van der Waals surface area contributed by atoms with E-state index in [-0.39, 0.29) is 7.69 Å². The van der Waals surface area contributed by atoms with Crippen LogP contribution in [0.1, 0.15) is 0 Å². The summed E-state index contributed by atoms with van der Waals surface area (Å²) in [7, 11) is 0. The maximum Gasteiger partial charge on any atom is 0.482 e. The molecule has 11 heavy (non-hydrogen) atoms. The molecule has 6 heteroatoms. The van der Waals surface area contributed by atoms with Gasteiger partial charge in [-0.05, 0) is 12.1 Å². The third-order valence-electron chi connectivity index (χ3n) is 0.714. The maximum atomic E-state index is 7.00. The minimum Gasteiger partial charge on any atom is -0.429 e. The van der Waals surface area contributed by atoms with Crippen molar-refractivity contribution in [2.75, 3.05) is 0 Å². The molecule has 0 atom stereocenters. The maximum absolute atomic E-state index is 7.00. The first kappa shape index (κ1) is 10.7. The molecular formula is C5H5BCl2NO2. The van der Waals surface area contributed by atoms with Gasteiger partial charge in [0, 0.05) is 6.20 Å². The lowest BCUT2D eigenvalue weighted by atomic mass is 10.5. The van der Waals surface area contributed by atoms with E-state index < -0.39 is 0 Å². The highest BCUT2D eigenvalue weighted by molar-refractivity contribution is 6.41. The van der Waals surface area contributed by atoms with Crippen molar-refractivity contribution < 1.29 is 10.0 Å². The van der Waals surface area contributed by atoms with Crippen molar-refractivity contribution in [2.24, 2.45) is 0 Å². The molecule has 0 saturated carbocycles. The second-order valence-electron chi connectivity index (χ2n) is 1.39. The van der Waals surface area contributed by atoms with Crippen LogP contribution in [0.25, 0.3) is 0 Å². The molecule has 0 saturated heterocycles. The standard InChI is InChI=1S/C5H3Cl2N.BH2O2/c6-4-2-1-3-8-5(4)7;2-1-3/h1-3H;2-3H. The summed E-state index contributed by atoms with van der Waals surface area (Å²) in [4.78, 5) is 3.71. The molecule has 59 valence electrons. The zero-order valence-corrected chi connectivity index (χ0v) is 6.92. The molecule has 0 bridgehead atoms. The highest BCUT2D eigenvalue weighted by Crippen LogP contribution is 2.16. The Labute approximate surface area is 74.9 Å². The van der Waals surface area contributed by atoms with E-state index in [2.05, 4.69) is 4.98 Å². The fourth-order valence-corrected chi connectivity index (χ4v) is 0.607. The van der Waals surface area contributed by atoms with E-state index in [0.29, 0.717) is 10.2 Å². The van der Waals surface area contributed by atoms with Gasteiger partial charge in [0.1, 0.15) is 5.15 Å². The minimum atomic E-state index is 0. The molecule has 1 aromatic heterocycles. The molecule has 2 N–H and O–H groups in total. The Morgan fingerprint density at radius 1 is 1.36 bits per heavy atom. The Balaban J connectivity index is 0.000000292. The van der Waals surface area contributed by atoms with E-state index in [1.54, 1.807) is 18.3 Å². The van der Waals surface area contributed by atoms with E-state index in [1.807, 2.05) is 0 Å². The Morgan fingerprint density at radius 2 is 1.91 bits per heavy atom. The molecule has 0 fully saturated rings. The predicted molar refractivity (Wildman–Crippen MR) is 44.4 cm³/mol. The Kier molecular flexibility index (Phi) is 6.26. The lowest BCUT2D eigenvalue weighted by Crippen LogP contribution is -1.75. The third kappa shape index (κ3) is 5.04. The predicted octanol–water partition coefficient (Wildman–Crippen LogP) is 0.894. The third-order valence-corrected chi connectivity index (χ3v) is 1.42. The van der Waals surface area contributed by atoms with Crippen LogP contribution in [-0.2, 0) is 0 Å². The highest BCUT2D eigenvalue weighted by Gasteiger charge is 1.91. The SMILES string of the molecule is Clc1cccnc1Cl.O[B]O. The quantitative estimate of drug-likeness (QED) is 0.475. The van der Waals surface area contributed by atoms with Gasteiger partial charge in [-0.2, -0.15) is 0 Å². The number of halogens is 2. The van der Waals surface area contributed by atoms with Gasteiger partial charge in [0.05, 0.1) is 5.02 Å². The molecule has 0 spiro atoms. The second kappa shape index (κ2) is 6.43. The Morgan fingerprint density at radius 3 is 2.18 bits per heavy atom. The van der Waals surface area contributed by atoms with Crippen LogP contribution in [0.15, 0.2) is 18.3 Å². The van der Waals surface area contributed by atoms with Crippen LogP contribution in [0.2, 0.25) is 10.2 Å². The van der Waals surface area contributed by atoms with Gasteiger partial charge in [0.25, 0.3) is 0 Å². The van der Waals surface area contributed by atoms with Crippen molar-refractivity contribution in [3.63, 3.8) is 0 Å². The Hall–Kier alpha value is -0.285. The summed E-state index contributed by atoms with van der Waals surface area (Å²) in [5, 5.41) is 14.9. The fourth-order valence-electron chi connectivity index (χ4n) is 0.366.